The van der Waals surface area contributed by atoms with E-state index in [9.17, 15) is 9.50 Å². The summed E-state index contributed by atoms with van der Waals surface area (Å²) in [5, 5.41) is 12.9. The SMILES string of the molecule is Cc1c(O)cc(CCN2CCNCC2)cc1F. The molecule has 94 valence electrons. The molecule has 0 bridgehead atoms. The van der Waals surface area contributed by atoms with Crippen LogP contribution in [0.4, 0.5) is 4.39 Å². The third kappa shape index (κ3) is 3.17. The van der Waals surface area contributed by atoms with Crippen molar-refractivity contribution in [1.82, 2.24) is 10.2 Å². The number of phenolic OH excluding ortho intramolecular Hbond substituents is 1. The zero-order valence-electron chi connectivity index (χ0n) is 10.2. The molecule has 2 rings (SSSR count). The van der Waals surface area contributed by atoms with Gasteiger partial charge in [0, 0.05) is 38.3 Å². The van der Waals surface area contributed by atoms with Crippen LogP contribution in [0.3, 0.4) is 0 Å². The van der Waals surface area contributed by atoms with Gasteiger partial charge >= 0.3 is 0 Å². The van der Waals surface area contributed by atoms with Gasteiger partial charge in [0.2, 0.25) is 0 Å². The smallest absolute Gasteiger partial charge is 0.130 e. The van der Waals surface area contributed by atoms with E-state index in [1.165, 1.54) is 6.07 Å². The molecular weight excluding hydrogens is 219 g/mol. The largest absolute Gasteiger partial charge is 0.508 e. The minimum Gasteiger partial charge on any atom is -0.508 e. The summed E-state index contributed by atoms with van der Waals surface area (Å²) in [6.07, 6.45) is 0.782. The Labute approximate surface area is 101 Å². The minimum absolute atomic E-state index is 0.0558. The van der Waals surface area contributed by atoms with Gasteiger partial charge < -0.3 is 15.3 Å². The molecule has 1 aliphatic rings. The summed E-state index contributed by atoms with van der Waals surface area (Å²) >= 11 is 0. The average Bonchev–Trinajstić information content (AvgIpc) is 2.34. The van der Waals surface area contributed by atoms with Gasteiger partial charge in [-0.05, 0) is 31.0 Å². The van der Waals surface area contributed by atoms with Crippen LogP contribution in [-0.2, 0) is 6.42 Å². The number of aromatic hydroxyl groups is 1. The Morgan fingerprint density at radius 2 is 2.06 bits per heavy atom. The van der Waals surface area contributed by atoms with Gasteiger partial charge in [-0.2, -0.15) is 0 Å². The number of halogens is 1. The lowest BCUT2D eigenvalue weighted by Crippen LogP contribution is -2.44. The second-order valence-corrected chi connectivity index (χ2v) is 4.56. The van der Waals surface area contributed by atoms with Gasteiger partial charge in [0.15, 0.2) is 0 Å². The van der Waals surface area contributed by atoms with Gasteiger partial charge in [-0.15, -0.1) is 0 Å². The lowest BCUT2D eigenvalue weighted by atomic mass is 10.1. The van der Waals surface area contributed by atoms with E-state index in [1.807, 2.05) is 0 Å². The van der Waals surface area contributed by atoms with Crippen LogP contribution < -0.4 is 5.32 Å². The first-order chi connectivity index (χ1) is 8.16. The average molecular weight is 238 g/mol. The highest BCUT2D eigenvalue weighted by Gasteiger charge is 2.10. The van der Waals surface area contributed by atoms with Gasteiger partial charge in [0.1, 0.15) is 11.6 Å². The second-order valence-electron chi connectivity index (χ2n) is 4.56. The van der Waals surface area contributed by atoms with E-state index in [4.69, 9.17) is 0 Å². The Hall–Kier alpha value is -1.13. The first kappa shape index (κ1) is 12.3. The molecule has 0 radical (unpaired) electrons. The number of phenols is 1. The Morgan fingerprint density at radius 3 is 2.71 bits per heavy atom. The van der Waals surface area contributed by atoms with E-state index in [0.29, 0.717) is 5.56 Å². The van der Waals surface area contributed by atoms with Crippen LogP contribution in [0.15, 0.2) is 12.1 Å². The third-order valence-corrected chi connectivity index (χ3v) is 3.30. The number of nitrogens with zero attached hydrogens (tertiary/aromatic N) is 1. The van der Waals surface area contributed by atoms with Gasteiger partial charge in [0.05, 0.1) is 0 Å². The molecule has 0 atom stereocenters. The van der Waals surface area contributed by atoms with Crippen molar-refractivity contribution in [2.75, 3.05) is 32.7 Å². The van der Waals surface area contributed by atoms with Gasteiger partial charge in [-0.3, -0.25) is 0 Å². The van der Waals surface area contributed by atoms with Gasteiger partial charge in [0.25, 0.3) is 0 Å². The lowest BCUT2D eigenvalue weighted by molar-refractivity contribution is 0.243. The number of rotatable bonds is 3. The predicted molar refractivity (Wildman–Crippen MR) is 65.8 cm³/mol. The van der Waals surface area contributed by atoms with Crippen molar-refractivity contribution in [1.29, 1.82) is 0 Å². The highest BCUT2D eigenvalue weighted by Crippen LogP contribution is 2.21. The first-order valence-corrected chi connectivity index (χ1v) is 6.08. The maximum absolute atomic E-state index is 13.4. The van der Waals surface area contributed by atoms with Gasteiger partial charge in [-0.1, -0.05) is 0 Å². The minimum atomic E-state index is -0.319. The molecular formula is C13H19FN2O. The Bertz CT molecular complexity index is 366. The number of nitrogens with one attached hydrogen (secondary N) is 1. The summed E-state index contributed by atoms with van der Waals surface area (Å²) in [5.41, 5.74) is 1.19. The van der Waals surface area contributed by atoms with E-state index in [0.717, 1.165) is 44.7 Å². The van der Waals surface area contributed by atoms with Crippen molar-refractivity contribution >= 4 is 0 Å². The molecule has 0 unspecified atom stereocenters. The zero-order valence-corrected chi connectivity index (χ0v) is 10.2. The Kier molecular flexibility index (Phi) is 3.97. The Morgan fingerprint density at radius 1 is 1.35 bits per heavy atom. The van der Waals surface area contributed by atoms with E-state index < -0.39 is 0 Å². The molecule has 1 fully saturated rings. The molecule has 4 heteroatoms. The molecule has 1 saturated heterocycles. The zero-order chi connectivity index (χ0) is 12.3. The highest BCUT2D eigenvalue weighted by molar-refractivity contribution is 5.36. The summed E-state index contributed by atoms with van der Waals surface area (Å²) in [4.78, 5) is 2.35. The highest BCUT2D eigenvalue weighted by atomic mass is 19.1. The van der Waals surface area contributed by atoms with Crippen molar-refractivity contribution in [3.05, 3.63) is 29.1 Å². The molecule has 1 aromatic rings. The fourth-order valence-electron chi connectivity index (χ4n) is 2.09. The van der Waals surface area contributed by atoms with Crippen LogP contribution in [-0.4, -0.2) is 42.7 Å². The van der Waals surface area contributed by atoms with E-state index in [-0.39, 0.29) is 11.6 Å². The molecule has 0 saturated carbocycles. The number of hydrogen-bond donors (Lipinski definition) is 2. The monoisotopic (exact) mass is 238 g/mol. The maximum atomic E-state index is 13.4. The molecule has 0 spiro atoms. The van der Waals surface area contributed by atoms with Crippen molar-refractivity contribution in [3.63, 3.8) is 0 Å². The summed E-state index contributed by atoms with van der Waals surface area (Å²) in [7, 11) is 0. The Balaban J connectivity index is 1.94. The first-order valence-electron chi connectivity index (χ1n) is 6.08. The van der Waals surface area contributed by atoms with Crippen molar-refractivity contribution in [2.45, 2.75) is 13.3 Å². The maximum Gasteiger partial charge on any atom is 0.130 e. The normalized spacial score (nSPS) is 17.3. The number of hydrogen-bond acceptors (Lipinski definition) is 3. The molecule has 1 aromatic carbocycles. The van der Waals surface area contributed by atoms with Crippen LogP contribution in [0.25, 0.3) is 0 Å². The van der Waals surface area contributed by atoms with E-state index in [2.05, 4.69) is 10.2 Å². The lowest BCUT2D eigenvalue weighted by Gasteiger charge is -2.27. The van der Waals surface area contributed by atoms with Crippen LogP contribution >= 0.6 is 0 Å². The fraction of sp³-hybridized carbons (Fsp3) is 0.538. The van der Waals surface area contributed by atoms with Crippen molar-refractivity contribution in [3.8, 4) is 5.75 Å². The molecule has 2 N–H and O–H groups in total. The van der Waals surface area contributed by atoms with Crippen LogP contribution in [0.2, 0.25) is 0 Å². The molecule has 0 amide bonds. The molecule has 17 heavy (non-hydrogen) atoms. The van der Waals surface area contributed by atoms with Crippen molar-refractivity contribution in [2.24, 2.45) is 0 Å². The topological polar surface area (TPSA) is 35.5 Å². The third-order valence-electron chi connectivity index (χ3n) is 3.30. The van der Waals surface area contributed by atoms with E-state index >= 15 is 0 Å². The standard InChI is InChI=1S/C13H19FN2O/c1-10-12(14)8-11(9-13(10)17)2-5-16-6-3-15-4-7-16/h8-9,15,17H,2-7H2,1H3. The molecule has 1 heterocycles. The quantitative estimate of drug-likeness (QED) is 0.833. The molecule has 1 aliphatic heterocycles. The summed E-state index contributed by atoms with van der Waals surface area (Å²) in [6.45, 7) is 6.63. The molecule has 0 aromatic heterocycles. The van der Waals surface area contributed by atoms with Crippen molar-refractivity contribution < 1.29 is 9.50 Å². The van der Waals surface area contributed by atoms with Crippen LogP contribution in [0.5, 0.6) is 5.75 Å². The molecule has 3 nitrogen and oxygen atoms in total. The molecule has 0 aliphatic carbocycles. The van der Waals surface area contributed by atoms with Crippen LogP contribution in [0, 0.1) is 12.7 Å². The summed E-state index contributed by atoms with van der Waals surface area (Å²) in [5.74, 6) is -0.263. The summed E-state index contributed by atoms with van der Waals surface area (Å²) < 4.78 is 13.4. The number of piperazine rings is 1. The predicted octanol–water partition coefficient (Wildman–Crippen LogP) is 1.29. The van der Waals surface area contributed by atoms with Crippen LogP contribution in [0.1, 0.15) is 11.1 Å². The second kappa shape index (κ2) is 5.47. The van der Waals surface area contributed by atoms with Gasteiger partial charge in [-0.25, -0.2) is 4.39 Å². The number of benzene rings is 1. The van der Waals surface area contributed by atoms with E-state index in [1.54, 1.807) is 13.0 Å². The fourth-order valence-corrected chi connectivity index (χ4v) is 2.09. The summed E-state index contributed by atoms with van der Waals surface area (Å²) in [6, 6.07) is 3.19.